The Kier molecular flexibility index (Phi) is 8.30. The molecule has 0 aliphatic carbocycles. The van der Waals surface area contributed by atoms with Crippen molar-refractivity contribution >= 4 is 27.5 Å². The monoisotopic (exact) mass is 493 g/mol. The number of amides is 2. The maximum absolute atomic E-state index is 13.7. The number of sulfonamides is 1. The molecule has 0 radical (unpaired) electrons. The first kappa shape index (κ1) is 26.0. The van der Waals surface area contributed by atoms with Gasteiger partial charge < -0.3 is 10.2 Å². The zero-order valence-electron chi connectivity index (χ0n) is 20.4. The number of hydrogen-bond donors (Lipinski definition) is 1. The number of benzene rings is 3. The summed E-state index contributed by atoms with van der Waals surface area (Å²) >= 11 is 0. The molecule has 184 valence electrons. The van der Waals surface area contributed by atoms with Crippen LogP contribution in [0.1, 0.15) is 23.6 Å². The van der Waals surface area contributed by atoms with E-state index in [0.29, 0.717) is 5.69 Å². The van der Waals surface area contributed by atoms with Gasteiger partial charge >= 0.3 is 0 Å². The second-order valence-corrected chi connectivity index (χ2v) is 10.3. The topological polar surface area (TPSA) is 86.8 Å². The first-order valence-electron chi connectivity index (χ1n) is 11.3. The average molecular weight is 494 g/mol. The van der Waals surface area contributed by atoms with Gasteiger partial charge in [-0.15, -0.1) is 0 Å². The Bertz CT molecular complexity index is 1280. The van der Waals surface area contributed by atoms with Crippen molar-refractivity contribution in [2.45, 2.75) is 38.3 Å². The Balaban J connectivity index is 2.02. The van der Waals surface area contributed by atoms with Crippen molar-refractivity contribution < 1.29 is 18.0 Å². The Morgan fingerprint density at radius 3 is 2.09 bits per heavy atom. The Hall–Kier alpha value is -3.65. The van der Waals surface area contributed by atoms with Gasteiger partial charge in [0.15, 0.2) is 0 Å². The minimum Gasteiger partial charge on any atom is -0.357 e. The zero-order valence-corrected chi connectivity index (χ0v) is 21.2. The molecule has 0 heterocycles. The van der Waals surface area contributed by atoms with Gasteiger partial charge in [0.1, 0.15) is 12.6 Å². The maximum Gasteiger partial charge on any atom is 0.264 e. The fourth-order valence-electron chi connectivity index (χ4n) is 3.72. The molecule has 0 saturated heterocycles. The van der Waals surface area contributed by atoms with Crippen molar-refractivity contribution in [3.05, 3.63) is 95.6 Å². The number of rotatable bonds is 9. The molecule has 0 unspecified atom stereocenters. The van der Waals surface area contributed by atoms with Crippen molar-refractivity contribution in [3.8, 4) is 0 Å². The summed E-state index contributed by atoms with van der Waals surface area (Å²) in [6.45, 7) is 5.19. The maximum atomic E-state index is 13.7. The quantitative estimate of drug-likeness (QED) is 0.493. The molecule has 35 heavy (non-hydrogen) atoms. The molecule has 2 amide bonds. The molecule has 3 aromatic rings. The number of carbonyl (C=O) groups excluding carboxylic acids is 2. The molecule has 1 atom stereocenters. The lowest BCUT2D eigenvalue weighted by Gasteiger charge is -2.32. The van der Waals surface area contributed by atoms with Crippen molar-refractivity contribution in [1.82, 2.24) is 10.2 Å². The molecule has 0 aliphatic heterocycles. The number of aryl methyl sites for hydroxylation is 2. The van der Waals surface area contributed by atoms with Crippen molar-refractivity contribution in [2.24, 2.45) is 0 Å². The van der Waals surface area contributed by atoms with E-state index in [1.807, 2.05) is 38.1 Å². The summed E-state index contributed by atoms with van der Waals surface area (Å²) in [4.78, 5) is 27.7. The van der Waals surface area contributed by atoms with Gasteiger partial charge in [-0.05, 0) is 56.2 Å². The Labute approximate surface area is 207 Å². The number of nitrogens with zero attached hydrogens (tertiary/aromatic N) is 2. The molecular weight excluding hydrogens is 462 g/mol. The smallest absolute Gasteiger partial charge is 0.264 e. The fraction of sp³-hybridized carbons (Fsp3) is 0.259. The third-order valence-corrected chi connectivity index (χ3v) is 7.74. The fourth-order valence-corrected chi connectivity index (χ4v) is 5.16. The lowest BCUT2D eigenvalue weighted by Crippen LogP contribution is -2.50. The lowest BCUT2D eigenvalue weighted by molar-refractivity contribution is -0.139. The highest BCUT2D eigenvalue weighted by molar-refractivity contribution is 7.92. The summed E-state index contributed by atoms with van der Waals surface area (Å²) in [6.07, 6.45) is 0. The van der Waals surface area contributed by atoms with Gasteiger partial charge in [-0.25, -0.2) is 8.42 Å². The third-order valence-electron chi connectivity index (χ3n) is 5.95. The van der Waals surface area contributed by atoms with Crippen LogP contribution < -0.4 is 9.62 Å². The van der Waals surface area contributed by atoms with Gasteiger partial charge in [0.05, 0.1) is 10.6 Å². The molecule has 0 aliphatic rings. The molecule has 0 bridgehead atoms. The van der Waals surface area contributed by atoms with Gasteiger partial charge in [-0.1, -0.05) is 60.2 Å². The van der Waals surface area contributed by atoms with E-state index in [4.69, 9.17) is 0 Å². The summed E-state index contributed by atoms with van der Waals surface area (Å²) < 4.78 is 28.4. The number of anilines is 1. The van der Waals surface area contributed by atoms with E-state index in [0.717, 1.165) is 21.0 Å². The zero-order chi connectivity index (χ0) is 25.6. The first-order valence-corrected chi connectivity index (χ1v) is 12.8. The molecule has 1 N–H and O–H groups in total. The summed E-state index contributed by atoms with van der Waals surface area (Å²) in [5, 5.41) is 2.58. The minimum absolute atomic E-state index is 0.0816. The minimum atomic E-state index is -4.04. The van der Waals surface area contributed by atoms with Crippen LogP contribution >= 0.6 is 0 Å². The predicted octanol–water partition coefficient (Wildman–Crippen LogP) is 3.66. The highest BCUT2D eigenvalue weighted by Gasteiger charge is 2.32. The first-order chi connectivity index (χ1) is 16.6. The van der Waals surface area contributed by atoms with Crippen LogP contribution in [0.3, 0.4) is 0 Å². The van der Waals surface area contributed by atoms with Crippen LogP contribution in [0.25, 0.3) is 0 Å². The SMILES string of the molecule is CNC(=O)[C@H](C)N(Cc1ccccc1C)C(=O)CN(c1ccc(C)cc1)S(=O)(=O)c1ccccc1. The Morgan fingerprint density at radius 2 is 1.49 bits per heavy atom. The van der Waals surface area contributed by atoms with Gasteiger partial charge in [0, 0.05) is 13.6 Å². The molecule has 0 fully saturated rings. The van der Waals surface area contributed by atoms with Crippen LogP contribution in [-0.4, -0.2) is 44.8 Å². The van der Waals surface area contributed by atoms with Crippen LogP contribution in [0, 0.1) is 13.8 Å². The van der Waals surface area contributed by atoms with E-state index < -0.39 is 28.5 Å². The molecule has 7 nitrogen and oxygen atoms in total. The molecule has 0 aromatic heterocycles. The van der Waals surface area contributed by atoms with Crippen LogP contribution in [0.15, 0.2) is 83.8 Å². The summed E-state index contributed by atoms with van der Waals surface area (Å²) in [7, 11) is -2.54. The highest BCUT2D eigenvalue weighted by Crippen LogP contribution is 2.25. The van der Waals surface area contributed by atoms with Gasteiger partial charge in [0.2, 0.25) is 11.8 Å². The van der Waals surface area contributed by atoms with E-state index in [-0.39, 0.29) is 17.3 Å². The summed E-state index contributed by atoms with van der Waals surface area (Å²) in [5.41, 5.74) is 3.19. The van der Waals surface area contributed by atoms with Crippen LogP contribution in [0.2, 0.25) is 0 Å². The summed E-state index contributed by atoms with van der Waals surface area (Å²) in [5.74, 6) is -0.816. The molecule has 8 heteroatoms. The van der Waals surface area contributed by atoms with Crippen LogP contribution in [-0.2, 0) is 26.2 Å². The second kappa shape index (κ2) is 11.2. The van der Waals surface area contributed by atoms with E-state index in [2.05, 4.69) is 5.32 Å². The normalized spacial score (nSPS) is 12.0. The van der Waals surface area contributed by atoms with Gasteiger partial charge in [-0.2, -0.15) is 0 Å². The van der Waals surface area contributed by atoms with E-state index >= 15 is 0 Å². The average Bonchev–Trinajstić information content (AvgIpc) is 2.86. The third kappa shape index (κ3) is 6.08. The van der Waals surface area contributed by atoms with E-state index in [1.54, 1.807) is 49.4 Å². The highest BCUT2D eigenvalue weighted by atomic mass is 32.2. The largest absolute Gasteiger partial charge is 0.357 e. The van der Waals surface area contributed by atoms with Gasteiger partial charge in [-0.3, -0.25) is 13.9 Å². The standard InChI is InChI=1S/C27H31N3O4S/c1-20-14-16-24(17-15-20)30(35(33,34)25-12-6-5-7-13-25)19-26(31)29(22(3)27(32)28-4)18-23-11-9-8-10-21(23)2/h5-17,22H,18-19H2,1-4H3,(H,28,32)/t22-/m0/s1. The van der Waals surface area contributed by atoms with Crippen LogP contribution in [0.5, 0.6) is 0 Å². The van der Waals surface area contributed by atoms with E-state index in [9.17, 15) is 18.0 Å². The summed E-state index contributed by atoms with van der Waals surface area (Å²) in [6, 6.07) is 21.8. The van der Waals surface area contributed by atoms with E-state index in [1.165, 1.54) is 24.1 Å². The number of hydrogen-bond acceptors (Lipinski definition) is 4. The number of likely N-dealkylation sites (N-methyl/N-ethyl adjacent to an activating group) is 1. The lowest BCUT2D eigenvalue weighted by atomic mass is 10.1. The number of carbonyl (C=O) groups is 2. The second-order valence-electron chi connectivity index (χ2n) is 8.40. The van der Waals surface area contributed by atoms with Crippen molar-refractivity contribution in [3.63, 3.8) is 0 Å². The Morgan fingerprint density at radius 1 is 0.886 bits per heavy atom. The van der Waals surface area contributed by atoms with Crippen LogP contribution in [0.4, 0.5) is 5.69 Å². The van der Waals surface area contributed by atoms with Crippen molar-refractivity contribution in [1.29, 1.82) is 0 Å². The van der Waals surface area contributed by atoms with Gasteiger partial charge in [0.25, 0.3) is 10.0 Å². The number of nitrogens with one attached hydrogen (secondary N) is 1. The predicted molar refractivity (Wildman–Crippen MR) is 137 cm³/mol. The molecule has 0 saturated carbocycles. The molecule has 0 spiro atoms. The molecule has 3 aromatic carbocycles. The molecule has 3 rings (SSSR count). The van der Waals surface area contributed by atoms with Crippen molar-refractivity contribution in [2.75, 3.05) is 17.9 Å². The molecular formula is C27H31N3O4S.